The van der Waals surface area contributed by atoms with Gasteiger partial charge in [0, 0.05) is 6.04 Å². The molecule has 0 heterocycles. The van der Waals surface area contributed by atoms with Crippen LogP contribution in [0.5, 0.6) is 0 Å². The fraction of sp³-hybridized carbons (Fsp3) is 0.800. The number of halogens is 1. The van der Waals surface area contributed by atoms with E-state index < -0.39 is 6.04 Å². The zero-order valence-corrected chi connectivity index (χ0v) is 10.5. The molecule has 0 unspecified atom stereocenters. The molecule has 0 aromatic heterocycles. The van der Waals surface area contributed by atoms with Gasteiger partial charge in [0.25, 0.3) is 0 Å². The van der Waals surface area contributed by atoms with Crippen molar-refractivity contribution in [2.75, 3.05) is 6.54 Å². The Labute approximate surface area is 102 Å². The van der Waals surface area contributed by atoms with Gasteiger partial charge in [0.15, 0.2) is 0 Å². The first kappa shape index (κ1) is 15.2. The van der Waals surface area contributed by atoms with Crippen molar-refractivity contribution in [2.45, 2.75) is 38.8 Å². The lowest BCUT2D eigenvalue weighted by atomic mass is 10.1. The lowest BCUT2D eigenvalue weighted by Crippen LogP contribution is -2.47. The zero-order chi connectivity index (χ0) is 11.4. The molecule has 6 heteroatoms. The molecule has 0 aliphatic heterocycles. The van der Waals surface area contributed by atoms with Gasteiger partial charge in [-0.05, 0) is 18.8 Å². The summed E-state index contributed by atoms with van der Waals surface area (Å²) in [6, 6.07) is -0.216. The molecule has 2 amide bonds. The van der Waals surface area contributed by atoms with Crippen molar-refractivity contribution in [1.29, 1.82) is 0 Å². The third kappa shape index (κ3) is 5.32. The van der Waals surface area contributed by atoms with E-state index in [2.05, 4.69) is 10.6 Å². The van der Waals surface area contributed by atoms with Crippen LogP contribution in [-0.4, -0.2) is 30.4 Å². The van der Waals surface area contributed by atoms with E-state index in [4.69, 9.17) is 5.73 Å². The van der Waals surface area contributed by atoms with Crippen molar-refractivity contribution in [2.24, 2.45) is 11.7 Å². The molecule has 0 aromatic rings. The van der Waals surface area contributed by atoms with Crippen LogP contribution in [0.2, 0.25) is 0 Å². The van der Waals surface area contributed by atoms with Gasteiger partial charge in [0.05, 0.1) is 12.6 Å². The van der Waals surface area contributed by atoms with Gasteiger partial charge in [-0.3, -0.25) is 9.59 Å². The average Bonchev–Trinajstić information content (AvgIpc) is 2.96. The van der Waals surface area contributed by atoms with Crippen LogP contribution < -0.4 is 16.4 Å². The Balaban J connectivity index is 0.00000225. The predicted molar refractivity (Wildman–Crippen MR) is 64.2 cm³/mol. The van der Waals surface area contributed by atoms with Gasteiger partial charge in [-0.1, -0.05) is 13.8 Å². The summed E-state index contributed by atoms with van der Waals surface area (Å²) >= 11 is 0. The third-order valence-electron chi connectivity index (χ3n) is 2.39. The molecule has 0 bridgehead atoms. The van der Waals surface area contributed by atoms with Crippen LogP contribution in [0.1, 0.15) is 26.7 Å². The lowest BCUT2D eigenvalue weighted by molar-refractivity contribution is -0.127. The number of nitrogens with one attached hydrogen (secondary N) is 2. The highest BCUT2D eigenvalue weighted by Gasteiger charge is 2.23. The number of hydrogen-bond donors (Lipinski definition) is 3. The van der Waals surface area contributed by atoms with Gasteiger partial charge < -0.3 is 16.4 Å². The monoisotopic (exact) mass is 249 g/mol. The highest BCUT2D eigenvalue weighted by atomic mass is 35.5. The summed E-state index contributed by atoms with van der Waals surface area (Å²) < 4.78 is 0. The van der Waals surface area contributed by atoms with Crippen LogP contribution in [0.3, 0.4) is 0 Å². The summed E-state index contributed by atoms with van der Waals surface area (Å²) in [5, 5.41) is 5.30. The molecular weight excluding hydrogens is 230 g/mol. The largest absolute Gasteiger partial charge is 0.352 e. The molecule has 4 N–H and O–H groups in total. The van der Waals surface area contributed by atoms with Crippen molar-refractivity contribution in [3.05, 3.63) is 0 Å². The lowest BCUT2D eigenvalue weighted by Gasteiger charge is -2.14. The first-order chi connectivity index (χ1) is 7.00. The Bertz CT molecular complexity index is 254. The molecule has 0 saturated heterocycles. The molecule has 16 heavy (non-hydrogen) atoms. The molecule has 1 rings (SSSR count). The van der Waals surface area contributed by atoms with Crippen molar-refractivity contribution < 1.29 is 9.59 Å². The summed E-state index contributed by atoms with van der Waals surface area (Å²) in [6.07, 6.45) is 2.09. The predicted octanol–water partition coefficient (Wildman–Crippen LogP) is -0.214. The normalized spacial score (nSPS) is 16.2. The first-order valence-electron chi connectivity index (χ1n) is 5.33. The Morgan fingerprint density at radius 2 is 1.94 bits per heavy atom. The highest BCUT2D eigenvalue weighted by Crippen LogP contribution is 2.18. The van der Waals surface area contributed by atoms with E-state index in [0.29, 0.717) is 6.04 Å². The summed E-state index contributed by atoms with van der Waals surface area (Å²) in [6.45, 7) is 3.76. The Morgan fingerprint density at radius 1 is 1.38 bits per heavy atom. The van der Waals surface area contributed by atoms with Gasteiger partial charge in [0.2, 0.25) is 11.8 Å². The quantitative estimate of drug-likeness (QED) is 0.630. The van der Waals surface area contributed by atoms with Crippen molar-refractivity contribution in [3.8, 4) is 0 Å². The number of carbonyl (C=O) groups is 2. The molecule has 94 valence electrons. The molecule has 1 atom stereocenters. The molecule has 0 aromatic carbocycles. The van der Waals surface area contributed by atoms with E-state index in [0.717, 1.165) is 12.8 Å². The second kappa shape index (κ2) is 6.70. The van der Waals surface area contributed by atoms with E-state index in [9.17, 15) is 9.59 Å². The molecule has 1 saturated carbocycles. The van der Waals surface area contributed by atoms with Crippen LogP contribution in [0.25, 0.3) is 0 Å². The smallest absolute Gasteiger partial charge is 0.239 e. The minimum absolute atomic E-state index is 0. The van der Waals surface area contributed by atoms with E-state index in [1.165, 1.54) is 0 Å². The highest BCUT2D eigenvalue weighted by molar-refractivity contribution is 5.87. The van der Waals surface area contributed by atoms with Crippen molar-refractivity contribution in [3.63, 3.8) is 0 Å². The summed E-state index contributed by atoms with van der Waals surface area (Å²) in [5.74, 6) is -0.325. The Morgan fingerprint density at radius 3 is 2.38 bits per heavy atom. The Kier molecular flexibility index (Phi) is 6.36. The molecule has 1 fully saturated rings. The summed E-state index contributed by atoms with van der Waals surface area (Å²) in [7, 11) is 0. The van der Waals surface area contributed by atoms with Crippen molar-refractivity contribution in [1.82, 2.24) is 10.6 Å². The molecule has 1 aliphatic carbocycles. The maximum absolute atomic E-state index is 11.4. The minimum Gasteiger partial charge on any atom is -0.352 e. The summed E-state index contributed by atoms with van der Waals surface area (Å²) in [5.41, 5.74) is 5.62. The molecule has 0 radical (unpaired) electrons. The maximum atomic E-state index is 11.4. The van der Waals surface area contributed by atoms with Crippen LogP contribution in [0.4, 0.5) is 0 Å². The fourth-order valence-corrected chi connectivity index (χ4v) is 1.09. The van der Waals surface area contributed by atoms with Gasteiger partial charge in [0.1, 0.15) is 0 Å². The number of hydrogen-bond acceptors (Lipinski definition) is 3. The maximum Gasteiger partial charge on any atom is 0.239 e. The van der Waals surface area contributed by atoms with Gasteiger partial charge in [-0.25, -0.2) is 0 Å². The average molecular weight is 250 g/mol. The first-order valence-corrected chi connectivity index (χ1v) is 5.33. The van der Waals surface area contributed by atoms with Gasteiger partial charge >= 0.3 is 0 Å². The van der Waals surface area contributed by atoms with E-state index in [1.54, 1.807) is 0 Å². The van der Waals surface area contributed by atoms with Crippen LogP contribution in [0.15, 0.2) is 0 Å². The zero-order valence-electron chi connectivity index (χ0n) is 9.66. The van der Waals surface area contributed by atoms with Crippen molar-refractivity contribution >= 4 is 24.2 Å². The van der Waals surface area contributed by atoms with Crippen LogP contribution in [0, 0.1) is 5.92 Å². The van der Waals surface area contributed by atoms with E-state index in [-0.39, 0.29) is 36.7 Å². The topological polar surface area (TPSA) is 84.2 Å². The fourth-order valence-electron chi connectivity index (χ4n) is 1.09. The van der Waals surface area contributed by atoms with Crippen LogP contribution >= 0.6 is 12.4 Å². The third-order valence-corrected chi connectivity index (χ3v) is 2.39. The number of amides is 2. The molecule has 0 spiro atoms. The number of rotatable bonds is 5. The summed E-state index contributed by atoms with van der Waals surface area (Å²) in [4.78, 5) is 22.6. The second-order valence-electron chi connectivity index (χ2n) is 4.33. The van der Waals surface area contributed by atoms with E-state index in [1.807, 2.05) is 13.8 Å². The minimum atomic E-state index is -0.543. The molecule has 1 aliphatic rings. The number of nitrogens with two attached hydrogens (primary N) is 1. The Hall–Kier alpha value is -0.810. The van der Waals surface area contributed by atoms with Gasteiger partial charge in [-0.15, -0.1) is 12.4 Å². The molecule has 5 nitrogen and oxygen atoms in total. The van der Waals surface area contributed by atoms with Crippen LogP contribution in [-0.2, 0) is 9.59 Å². The van der Waals surface area contributed by atoms with E-state index >= 15 is 0 Å². The van der Waals surface area contributed by atoms with Gasteiger partial charge in [-0.2, -0.15) is 0 Å². The number of carbonyl (C=O) groups excluding carboxylic acids is 2. The molecular formula is C10H20ClN3O2. The standard InChI is InChI=1S/C10H19N3O2.ClH/c1-6(2)9(11)10(15)12-5-8(14)13-7-3-4-7;/h6-7,9H,3-5,11H2,1-2H3,(H,12,15)(H,13,14);1H/t9-;/m0./s1. The SMILES string of the molecule is CC(C)[C@H](N)C(=O)NCC(=O)NC1CC1.Cl. The second-order valence-corrected chi connectivity index (χ2v) is 4.33.